The standard InChI is InChI=1S/C26H37N3O3S/c1-32-19-7-9-25-22(16-19)21(10-12-28-25)24(27)8-6-18-11-13-29(17-23(18)26(30)31)14-15-33-20-4-2-3-5-20/h7,9-10,12,16,18,20,23-24H,2-6,8,11,13-15,17,27H2,1H3,(H,30,31)/t18-,23+,24?/m1/s1. The van der Waals surface area contributed by atoms with Gasteiger partial charge >= 0.3 is 5.97 Å². The highest BCUT2D eigenvalue weighted by Crippen LogP contribution is 2.34. The van der Waals surface area contributed by atoms with Crippen LogP contribution >= 0.6 is 11.8 Å². The SMILES string of the molecule is COc1ccc2nccc(C(N)CC[C@@H]3CCN(CCSC4CCCC4)C[C@@H]3C(=O)O)c2c1. The first-order valence-electron chi connectivity index (χ1n) is 12.3. The number of thioether (sulfide) groups is 1. The van der Waals surface area contributed by atoms with Gasteiger partial charge in [0.25, 0.3) is 0 Å². The van der Waals surface area contributed by atoms with Crippen molar-refractivity contribution in [1.82, 2.24) is 9.88 Å². The van der Waals surface area contributed by atoms with Crippen molar-refractivity contribution in [3.63, 3.8) is 0 Å². The number of pyridine rings is 1. The van der Waals surface area contributed by atoms with Gasteiger partial charge in [0.1, 0.15) is 5.75 Å². The van der Waals surface area contributed by atoms with Crippen LogP contribution in [0.1, 0.15) is 56.6 Å². The van der Waals surface area contributed by atoms with Gasteiger partial charge in [0, 0.05) is 41.7 Å². The minimum Gasteiger partial charge on any atom is -0.497 e. The number of carboxylic acids is 1. The first-order valence-corrected chi connectivity index (χ1v) is 13.3. The summed E-state index contributed by atoms with van der Waals surface area (Å²) >= 11 is 2.08. The maximum absolute atomic E-state index is 12.1. The zero-order chi connectivity index (χ0) is 23.2. The van der Waals surface area contributed by atoms with Crippen LogP contribution in [0.25, 0.3) is 10.9 Å². The second-order valence-electron chi connectivity index (χ2n) is 9.54. The van der Waals surface area contributed by atoms with E-state index in [0.717, 1.165) is 65.6 Å². The number of nitrogens with zero attached hydrogens (tertiary/aromatic N) is 2. The molecule has 1 saturated heterocycles. The lowest BCUT2D eigenvalue weighted by Crippen LogP contribution is -2.44. The fourth-order valence-corrected chi connectivity index (χ4v) is 6.81. The number of benzene rings is 1. The Morgan fingerprint density at radius 2 is 2.12 bits per heavy atom. The van der Waals surface area contributed by atoms with Crippen LogP contribution in [0.4, 0.5) is 0 Å². The van der Waals surface area contributed by atoms with Gasteiger partial charge in [-0.15, -0.1) is 0 Å². The van der Waals surface area contributed by atoms with Gasteiger partial charge in [-0.1, -0.05) is 12.8 Å². The predicted octanol–water partition coefficient (Wildman–Crippen LogP) is 4.72. The Kier molecular flexibility index (Phi) is 8.50. The molecular weight excluding hydrogens is 434 g/mol. The number of likely N-dealkylation sites (tertiary alicyclic amines) is 1. The summed E-state index contributed by atoms with van der Waals surface area (Å²) in [4.78, 5) is 18.9. The fourth-order valence-electron chi connectivity index (χ4n) is 5.45. The van der Waals surface area contributed by atoms with Crippen LogP contribution in [0.15, 0.2) is 30.5 Å². The van der Waals surface area contributed by atoms with E-state index in [9.17, 15) is 9.90 Å². The highest BCUT2D eigenvalue weighted by atomic mass is 32.2. The van der Waals surface area contributed by atoms with Gasteiger partial charge in [0.05, 0.1) is 18.5 Å². The number of piperidine rings is 1. The first kappa shape index (κ1) is 24.3. The van der Waals surface area contributed by atoms with Crippen molar-refractivity contribution in [2.75, 3.05) is 32.5 Å². The van der Waals surface area contributed by atoms with Crippen molar-refractivity contribution in [3.8, 4) is 5.75 Å². The van der Waals surface area contributed by atoms with E-state index in [0.29, 0.717) is 6.54 Å². The normalized spacial score (nSPS) is 23.1. The summed E-state index contributed by atoms with van der Waals surface area (Å²) in [6.45, 7) is 2.65. The summed E-state index contributed by atoms with van der Waals surface area (Å²) in [6.07, 6.45) is 9.77. The largest absolute Gasteiger partial charge is 0.497 e. The summed E-state index contributed by atoms with van der Waals surface area (Å²) < 4.78 is 5.38. The van der Waals surface area contributed by atoms with Crippen molar-refractivity contribution >= 4 is 28.6 Å². The summed E-state index contributed by atoms with van der Waals surface area (Å²) in [5.74, 6) is 1.10. The number of hydrogen-bond donors (Lipinski definition) is 2. The average molecular weight is 472 g/mol. The molecule has 6 nitrogen and oxygen atoms in total. The van der Waals surface area contributed by atoms with E-state index >= 15 is 0 Å². The number of aromatic nitrogens is 1. The zero-order valence-corrected chi connectivity index (χ0v) is 20.4. The molecule has 4 rings (SSSR count). The Labute approximate surface area is 201 Å². The average Bonchev–Trinajstić information content (AvgIpc) is 3.35. The van der Waals surface area contributed by atoms with Gasteiger partial charge in [-0.2, -0.15) is 11.8 Å². The molecule has 2 aliphatic rings. The number of aliphatic carboxylic acids is 1. The molecule has 2 heterocycles. The van der Waals surface area contributed by atoms with Gasteiger partial charge in [-0.05, 0) is 74.4 Å². The van der Waals surface area contributed by atoms with E-state index in [4.69, 9.17) is 10.5 Å². The maximum atomic E-state index is 12.1. The Hall–Kier alpha value is -1.83. The van der Waals surface area contributed by atoms with Crippen LogP contribution in [0, 0.1) is 11.8 Å². The molecule has 0 spiro atoms. The molecule has 2 fully saturated rings. The number of carboxylic acid groups (broad SMARTS) is 1. The van der Waals surface area contributed by atoms with Crippen LogP contribution < -0.4 is 10.5 Å². The second-order valence-corrected chi connectivity index (χ2v) is 10.9. The summed E-state index contributed by atoms with van der Waals surface area (Å²) in [5.41, 5.74) is 8.56. The van der Waals surface area contributed by atoms with Gasteiger partial charge < -0.3 is 20.5 Å². The molecule has 1 aliphatic heterocycles. The van der Waals surface area contributed by atoms with Gasteiger partial charge in [-0.25, -0.2) is 0 Å². The first-order chi connectivity index (χ1) is 16.0. The highest BCUT2D eigenvalue weighted by Gasteiger charge is 2.34. The molecule has 1 aliphatic carbocycles. The van der Waals surface area contributed by atoms with Crippen molar-refractivity contribution in [2.45, 2.75) is 56.2 Å². The van der Waals surface area contributed by atoms with E-state index in [-0.39, 0.29) is 17.9 Å². The van der Waals surface area contributed by atoms with Gasteiger partial charge in [0.15, 0.2) is 0 Å². The van der Waals surface area contributed by atoms with Crippen molar-refractivity contribution in [2.24, 2.45) is 17.6 Å². The molecule has 3 N–H and O–H groups in total. The fraction of sp³-hybridized carbons (Fsp3) is 0.615. The third-order valence-electron chi connectivity index (χ3n) is 7.45. The van der Waals surface area contributed by atoms with Crippen molar-refractivity contribution < 1.29 is 14.6 Å². The van der Waals surface area contributed by atoms with E-state index in [2.05, 4.69) is 21.6 Å². The summed E-state index contributed by atoms with van der Waals surface area (Å²) in [6, 6.07) is 7.66. The molecule has 180 valence electrons. The molecule has 0 bridgehead atoms. The van der Waals surface area contributed by atoms with Gasteiger partial charge in [-0.3, -0.25) is 9.78 Å². The number of fused-ring (bicyclic) bond motifs is 1. The molecule has 3 atom stereocenters. The Morgan fingerprint density at radius 3 is 2.88 bits per heavy atom. The third kappa shape index (κ3) is 6.19. The molecular formula is C26H37N3O3S. The molecule has 1 aromatic carbocycles. The molecule has 0 amide bonds. The number of carbonyl (C=O) groups is 1. The van der Waals surface area contributed by atoms with Crippen LogP contribution in [0.5, 0.6) is 5.75 Å². The molecule has 1 saturated carbocycles. The smallest absolute Gasteiger partial charge is 0.308 e. The van der Waals surface area contributed by atoms with E-state index in [1.165, 1.54) is 25.7 Å². The molecule has 1 aromatic heterocycles. The minimum absolute atomic E-state index is 0.155. The zero-order valence-electron chi connectivity index (χ0n) is 19.6. The molecule has 1 unspecified atom stereocenters. The van der Waals surface area contributed by atoms with Crippen LogP contribution in [-0.2, 0) is 4.79 Å². The molecule has 7 heteroatoms. The predicted molar refractivity (Wildman–Crippen MR) is 135 cm³/mol. The van der Waals surface area contributed by atoms with Crippen molar-refractivity contribution in [1.29, 1.82) is 0 Å². The molecule has 2 aromatic rings. The quantitative estimate of drug-likeness (QED) is 0.518. The Morgan fingerprint density at radius 1 is 1.30 bits per heavy atom. The number of hydrogen-bond acceptors (Lipinski definition) is 6. The number of nitrogens with two attached hydrogens (primary N) is 1. The van der Waals surface area contributed by atoms with Crippen LogP contribution in [0.3, 0.4) is 0 Å². The van der Waals surface area contributed by atoms with E-state index in [1.807, 2.05) is 24.3 Å². The Bertz CT molecular complexity index is 934. The number of ether oxygens (including phenoxy) is 1. The molecule has 33 heavy (non-hydrogen) atoms. The lowest BCUT2D eigenvalue weighted by Gasteiger charge is -2.37. The van der Waals surface area contributed by atoms with Crippen LogP contribution in [-0.4, -0.2) is 58.7 Å². The third-order valence-corrected chi connectivity index (χ3v) is 8.81. The summed E-state index contributed by atoms with van der Waals surface area (Å²) in [7, 11) is 1.66. The second kappa shape index (κ2) is 11.5. The van der Waals surface area contributed by atoms with Crippen molar-refractivity contribution in [3.05, 3.63) is 36.0 Å². The Balaban J connectivity index is 1.33. The minimum atomic E-state index is -0.666. The number of rotatable bonds is 10. The summed E-state index contributed by atoms with van der Waals surface area (Å²) in [5, 5.41) is 11.8. The lowest BCUT2D eigenvalue weighted by molar-refractivity contribution is -0.146. The maximum Gasteiger partial charge on any atom is 0.308 e. The lowest BCUT2D eigenvalue weighted by atomic mass is 9.81. The van der Waals surface area contributed by atoms with E-state index < -0.39 is 5.97 Å². The van der Waals surface area contributed by atoms with E-state index in [1.54, 1.807) is 13.3 Å². The van der Waals surface area contributed by atoms with Gasteiger partial charge in [0.2, 0.25) is 0 Å². The topological polar surface area (TPSA) is 88.7 Å². The molecule has 0 radical (unpaired) electrons. The van der Waals surface area contributed by atoms with Crippen LogP contribution in [0.2, 0.25) is 0 Å². The number of methoxy groups -OCH3 is 1. The monoisotopic (exact) mass is 471 g/mol. The highest BCUT2D eigenvalue weighted by molar-refractivity contribution is 7.99.